The van der Waals surface area contributed by atoms with E-state index in [1.165, 1.54) is 10.5 Å². The first-order valence-corrected chi connectivity index (χ1v) is 4.40. The third kappa shape index (κ3) is 2.44. The Morgan fingerprint density at radius 2 is 2.55 bits per heavy atom. The number of hydrogen-bond donors (Lipinski definition) is 1. The van der Waals surface area contributed by atoms with Crippen LogP contribution in [0.4, 0.5) is 0 Å². The Balaban J connectivity index is 2.74. The molecular formula is C8H12N2S. The Labute approximate surface area is 70.8 Å². The van der Waals surface area contributed by atoms with Crippen molar-refractivity contribution in [3.63, 3.8) is 0 Å². The van der Waals surface area contributed by atoms with Gasteiger partial charge in [0.2, 0.25) is 0 Å². The molecule has 0 fully saturated rings. The first-order valence-electron chi connectivity index (χ1n) is 3.52. The lowest BCUT2D eigenvalue weighted by Gasteiger charge is -2.02. The highest BCUT2D eigenvalue weighted by molar-refractivity contribution is 7.10. The third-order valence-electron chi connectivity index (χ3n) is 1.54. The fourth-order valence-electron chi connectivity index (χ4n) is 0.653. The predicted octanol–water partition coefficient (Wildman–Crippen LogP) is 1.89. The largest absolute Gasteiger partial charge is 0.324 e. The van der Waals surface area contributed by atoms with Gasteiger partial charge in [0.25, 0.3) is 0 Å². The molecule has 1 unspecified atom stereocenters. The van der Waals surface area contributed by atoms with Crippen molar-refractivity contribution < 1.29 is 0 Å². The van der Waals surface area contributed by atoms with Gasteiger partial charge >= 0.3 is 0 Å². The highest BCUT2D eigenvalue weighted by atomic mass is 32.1. The molecular weight excluding hydrogens is 156 g/mol. The number of thiazole rings is 1. The summed E-state index contributed by atoms with van der Waals surface area (Å²) in [6.45, 7) is 4.01. The van der Waals surface area contributed by atoms with E-state index in [-0.39, 0.29) is 6.04 Å². The summed E-state index contributed by atoms with van der Waals surface area (Å²) < 4.78 is 0. The van der Waals surface area contributed by atoms with Crippen LogP contribution < -0.4 is 5.73 Å². The van der Waals surface area contributed by atoms with Crippen LogP contribution in [0.3, 0.4) is 0 Å². The summed E-state index contributed by atoms with van der Waals surface area (Å²) in [5.74, 6) is 0. The zero-order valence-corrected chi connectivity index (χ0v) is 7.56. The molecule has 1 rings (SSSR count). The standard InChI is InChI=1S/C8H12N2S/c1-6(7(2)9)3-8-4-10-5-11-8/h3-5,7H,9H2,1-2H3. The van der Waals surface area contributed by atoms with E-state index < -0.39 is 0 Å². The lowest BCUT2D eigenvalue weighted by molar-refractivity contribution is 0.868. The van der Waals surface area contributed by atoms with Gasteiger partial charge in [0.05, 0.1) is 5.51 Å². The summed E-state index contributed by atoms with van der Waals surface area (Å²) in [6.07, 6.45) is 3.92. The van der Waals surface area contributed by atoms with Crippen LogP contribution in [-0.4, -0.2) is 11.0 Å². The third-order valence-corrected chi connectivity index (χ3v) is 2.26. The molecule has 0 saturated heterocycles. The maximum absolute atomic E-state index is 5.67. The minimum Gasteiger partial charge on any atom is -0.324 e. The van der Waals surface area contributed by atoms with Crippen LogP contribution in [0.15, 0.2) is 17.3 Å². The average Bonchev–Trinajstić information content (AvgIpc) is 2.39. The topological polar surface area (TPSA) is 38.9 Å². The van der Waals surface area contributed by atoms with Gasteiger partial charge in [0, 0.05) is 17.1 Å². The van der Waals surface area contributed by atoms with Crippen LogP contribution in [0.5, 0.6) is 0 Å². The zero-order chi connectivity index (χ0) is 8.27. The average molecular weight is 168 g/mol. The second-order valence-corrected chi connectivity index (χ2v) is 3.50. The van der Waals surface area contributed by atoms with Gasteiger partial charge in [0.1, 0.15) is 0 Å². The van der Waals surface area contributed by atoms with Crippen LogP contribution in [0, 0.1) is 0 Å². The molecule has 1 heterocycles. The molecule has 0 aliphatic heterocycles. The van der Waals surface area contributed by atoms with Gasteiger partial charge in [-0.1, -0.05) is 5.57 Å². The molecule has 1 atom stereocenters. The van der Waals surface area contributed by atoms with Crippen molar-refractivity contribution in [2.45, 2.75) is 19.9 Å². The normalized spacial score (nSPS) is 15.0. The van der Waals surface area contributed by atoms with Gasteiger partial charge in [-0.3, -0.25) is 4.98 Å². The minimum atomic E-state index is 0.136. The molecule has 0 aromatic carbocycles. The van der Waals surface area contributed by atoms with E-state index in [1.54, 1.807) is 11.3 Å². The molecule has 0 aliphatic carbocycles. The van der Waals surface area contributed by atoms with Crippen molar-refractivity contribution in [3.05, 3.63) is 22.2 Å². The molecule has 2 nitrogen and oxygen atoms in total. The highest BCUT2D eigenvalue weighted by Crippen LogP contribution is 2.11. The number of nitrogens with zero attached hydrogens (tertiary/aromatic N) is 1. The van der Waals surface area contributed by atoms with E-state index in [1.807, 2.05) is 25.6 Å². The lowest BCUT2D eigenvalue weighted by atomic mass is 10.1. The van der Waals surface area contributed by atoms with Gasteiger partial charge in [-0.05, 0) is 19.9 Å². The Morgan fingerprint density at radius 3 is 3.00 bits per heavy atom. The van der Waals surface area contributed by atoms with Crippen molar-refractivity contribution in [1.29, 1.82) is 0 Å². The van der Waals surface area contributed by atoms with Gasteiger partial charge in [0.15, 0.2) is 0 Å². The monoisotopic (exact) mass is 168 g/mol. The smallest absolute Gasteiger partial charge is 0.0797 e. The van der Waals surface area contributed by atoms with E-state index in [0.717, 1.165) is 0 Å². The van der Waals surface area contributed by atoms with Crippen LogP contribution in [0.2, 0.25) is 0 Å². The number of nitrogens with two attached hydrogens (primary N) is 1. The number of hydrogen-bond acceptors (Lipinski definition) is 3. The molecule has 0 aliphatic rings. The molecule has 0 saturated carbocycles. The molecule has 0 radical (unpaired) electrons. The van der Waals surface area contributed by atoms with Crippen molar-refractivity contribution in [2.24, 2.45) is 5.73 Å². The SMILES string of the molecule is CC(=Cc1cncs1)C(C)N. The molecule has 1 aromatic rings. The fourth-order valence-corrected chi connectivity index (χ4v) is 1.27. The predicted molar refractivity (Wildman–Crippen MR) is 49.4 cm³/mol. The molecule has 0 spiro atoms. The summed E-state index contributed by atoms with van der Waals surface area (Å²) in [7, 11) is 0. The summed E-state index contributed by atoms with van der Waals surface area (Å²) in [6, 6.07) is 0.136. The quantitative estimate of drug-likeness (QED) is 0.732. The van der Waals surface area contributed by atoms with Crippen LogP contribution >= 0.6 is 11.3 Å². The van der Waals surface area contributed by atoms with E-state index in [9.17, 15) is 0 Å². The summed E-state index contributed by atoms with van der Waals surface area (Å²) >= 11 is 1.63. The van der Waals surface area contributed by atoms with Gasteiger partial charge in [-0.25, -0.2) is 0 Å². The highest BCUT2D eigenvalue weighted by Gasteiger charge is 1.96. The molecule has 2 N–H and O–H groups in total. The second kappa shape index (κ2) is 3.64. The minimum absolute atomic E-state index is 0.136. The van der Waals surface area contributed by atoms with Crippen molar-refractivity contribution in [1.82, 2.24) is 4.98 Å². The maximum Gasteiger partial charge on any atom is 0.0797 e. The second-order valence-electron chi connectivity index (χ2n) is 2.58. The Kier molecular flexibility index (Phi) is 2.79. The Bertz CT molecular complexity index is 237. The van der Waals surface area contributed by atoms with Gasteiger partial charge in [-0.15, -0.1) is 11.3 Å². The Morgan fingerprint density at radius 1 is 1.82 bits per heavy atom. The zero-order valence-electron chi connectivity index (χ0n) is 6.74. The lowest BCUT2D eigenvalue weighted by Crippen LogP contribution is -2.15. The molecule has 1 aromatic heterocycles. The fraction of sp³-hybridized carbons (Fsp3) is 0.375. The van der Waals surface area contributed by atoms with Gasteiger partial charge in [-0.2, -0.15) is 0 Å². The molecule has 0 bridgehead atoms. The van der Waals surface area contributed by atoms with Gasteiger partial charge < -0.3 is 5.73 Å². The molecule has 0 amide bonds. The van der Waals surface area contributed by atoms with Crippen molar-refractivity contribution >= 4 is 17.4 Å². The number of aromatic nitrogens is 1. The summed E-state index contributed by atoms with van der Waals surface area (Å²) in [5.41, 5.74) is 8.68. The van der Waals surface area contributed by atoms with Crippen LogP contribution in [-0.2, 0) is 0 Å². The summed E-state index contributed by atoms with van der Waals surface area (Å²) in [4.78, 5) is 5.13. The number of rotatable bonds is 2. The molecule has 3 heteroatoms. The first kappa shape index (κ1) is 8.43. The molecule has 11 heavy (non-hydrogen) atoms. The van der Waals surface area contributed by atoms with Crippen LogP contribution in [0.25, 0.3) is 6.08 Å². The first-order chi connectivity index (χ1) is 5.20. The molecule has 60 valence electrons. The van der Waals surface area contributed by atoms with Crippen molar-refractivity contribution in [2.75, 3.05) is 0 Å². The van der Waals surface area contributed by atoms with Crippen LogP contribution in [0.1, 0.15) is 18.7 Å². The van der Waals surface area contributed by atoms with E-state index in [0.29, 0.717) is 0 Å². The summed E-state index contributed by atoms with van der Waals surface area (Å²) in [5, 5.41) is 0. The Hall–Kier alpha value is -0.670. The van der Waals surface area contributed by atoms with E-state index in [2.05, 4.69) is 11.1 Å². The van der Waals surface area contributed by atoms with Crippen molar-refractivity contribution in [3.8, 4) is 0 Å². The van der Waals surface area contributed by atoms with E-state index in [4.69, 9.17) is 5.73 Å². The maximum atomic E-state index is 5.67. The van der Waals surface area contributed by atoms with E-state index >= 15 is 0 Å².